The molecular formula is C17H24N4O. The first kappa shape index (κ1) is 15.2. The molecule has 118 valence electrons. The Labute approximate surface area is 131 Å². The van der Waals surface area contributed by atoms with E-state index in [1.807, 2.05) is 10.7 Å². The lowest BCUT2D eigenvalue weighted by Gasteiger charge is -2.15. The number of rotatable bonds is 7. The standard InChI is InChI=1S/C17H24N4O/c22-14-16-17(9-8-15-6-2-1-3-7-15)21(19-18-16)13-12-20-10-4-5-11-20/h1-3,6-7,22H,4-5,8-14H2. The molecule has 0 aliphatic carbocycles. The lowest BCUT2D eigenvalue weighted by atomic mass is 10.1. The highest BCUT2D eigenvalue weighted by molar-refractivity contribution is 5.18. The number of aliphatic hydroxyl groups is 1. The molecule has 0 atom stereocenters. The summed E-state index contributed by atoms with van der Waals surface area (Å²) in [4.78, 5) is 2.47. The Bertz CT molecular complexity index is 576. The predicted octanol–water partition coefficient (Wildman–Crippen LogP) is 1.65. The van der Waals surface area contributed by atoms with Gasteiger partial charge in [-0.3, -0.25) is 0 Å². The largest absolute Gasteiger partial charge is 0.390 e. The van der Waals surface area contributed by atoms with Gasteiger partial charge in [0.15, 0.2) is 0 Å². The van der Waals surface area contributed by atoms with Gasteiger partial charge in [-0.25, -0.2) is 4.68 Å². The zero-order valence-electron chi connectivity index (χ0n) is 13.0. The van der Waals surface area contributed by atoms with Crippen LogP contribution in [0.5, 0.6) is 0 Å². The van der Waals surface area contributed by atoms with Gasteiger partial charge in [-0.05, 0) is 44.3 Å². The molecule has 0 radical (unpaired) electrons. The first-order valence-electron chi connectivity index (χ1n) is 8.15. The molecule has 1 aliphatic rings. The van der Waals surface area contributed by atoms with Crippen LogP contribution < -0.4 is 0 Å². The Morgan fingerprint density at radius 1 is 1.00 bits per heavy atom. The van der Waals surface area contributed by atoms with Crippen LogP contribution in [-0.2, 0) is 26.0 Å². The first-order chi connectivity index (χ1) is 10.9. The molecule has 1 fully saturated rings. The smallest absolute Gasteiger partial charge is 0.111 e. The second-order valence-electron chi connectivity index (χ2n) is 5.90. The average Bonchev–Trinajstić information content (AvgIpc) is 3.21. The lowest BCUT2D eigenvalue weighted by molar-refractivity contribution is 0.275. The van der Waals surface area contributed by atoms with E-state index in [0.717, 1.165) is 37.3 Å². The van der Waals surface area contributed by atoms with Gasteiger partial charge in [0.1, 0.15) is 5.69 Å². The van der Waals surface area contributed by atoms with Crippen molar-refractivity contribution in [2.75, 3.05) is 19.6 Å². The van der Waals surface area contributed by atoms with Crippen molar-refractivity contribution < 1.29 is 5.11 Å². The van der Waals surface area contributed by atoms with Crippen LogP contribution in [0.2, 0.25) is 0 Å². The SMILES string of the molecule is OCc1nnn(CCN2CCCC2)c1CCc1ccccc1. The van der Waals surface area contributed by atoms with Crippen LogP contribution >= 0.6 is 0 Å². The second-order valence-corrected chi connectivity index (χ2v) is 5.90. The summed E-state index contributed by atoms with van der Waals surface area (Å²) >= 11 is 0. The van der Waals surface area contributed by atoms with Gasteiger partial charge in [0, 0.05) is 6.54 Å². The van der Waals surface area contributed by atoms with Crippen molar-refractivity contribution in [2.24, 2.45) is 0 Å². The first-order valence-corrected chi connectivity index (χ1v) is 8.15. The van der Waals surface area contributed by atoms with Crippen molar-refractivity contribution in [1.29, 1.82) is 0 Å². The number of aliphatic hydroxyl groups excluding tert-OH is 1. The maximum Gasteiger partial charge on any atom is 0.111 e. The summed E-state index contributed by atoms with van der Waals surface area (Å²) in [5.41, 5.74) is 3.10. The van der Waals surface area contributed by atoms with Gasteiger partial charge in [0.2, 0.25) is 0 Å². The minimum absolute atomic E-state index is 0.0339. The topological polar surface area (TPSA) is 54.2 Å². The molecule has 1 aromatic carbocycles. The maximum absolute atomic E-state index is 9.48. The Morgan fingerprint density at radius 2 is 1.77 bits per heavy atom. The number of aromatic nitrogens is 3. The number of benzene rings is 1. The van der Waals surface area contributed by atoms with E-state index < -0.39 is 0 Å². The molecule has 5 nitrogen and oxygen atoms in total. The monoisotopic (exact) mass is 300 g/mol. The maximum atomic E-state index is 9.48. The summed E-state index contributed by atoms with van der Waals surface area (Å²) < 4.78 is 1.98. The zero-order chi connectivity index (χ0) is 15.2. The van der Waals surface area contributed by atoms with Gasteiger partial charge in [-0.2, -0.15) is 0 Å². The quantitative estimate of drug-likeness (QED) is 0.845. The molecule has 1 aliphatic heterocycles. The van der Waals surface area contributed by atoms with Crippen LogP contribution in [0.1, 0.15) is 29.8 Å². The Morgan fingerprint density at radius 3 is 2.50 bits per heavy atom. The molecule has 1 saturated heterocycles. The highest BCUT2D eigenvalue weighted by Gasteiger charge is 2.15. The van der Waals surface area contributed by atoms with E-state index in [0.29, 0.717) is 0 Å². The Balaban J connectivity index is 1.64. The van der Waals surface area contributed by atoms with Crippen LogP contribution in [0.4, 0.5) is 0 Å². The van der Waals surface area contributed by atoms with Crippen molar-refractivity contribution in [3.8, 4) is 0 Å². The van der Waals surface area contributed by atoms with Crippen LogP contribution in [0.3, 0.4) is 0 Å². The van der Waals surface area contributed by atoms with E-state index in [9.17, 15) is 5.11 Å². The summed E-state index contributed by atoms with van der Waals surface area (Å²) in [7, 11) is 0. The third kappa shape index (κ3) is 3.72. The summed E-state index contributed by atoms with van der Waals surface area (Å²) in [6.07, 6.45) is 4.43. The summed E-state index contributed by atoms with van der Waals surface area (Å²) in [6, 6.07) is 10.4. The molecule has 1 aromatic heterocycles. The second kappa shape index (κ2) is 7.51. The van der Waals surface area contributed by atoms with E-state index in [1.165, 1.54) is 31.5 Å². The lowest BCUT2D eigenvalue weighted by Crippen LogP contribution is -2.25. The Hall–Kier alpha value is -1.72. The van der Waals surface area contributed by atoms with Gasteiger partial charge < -0.3 is 10.0 Å². The van der Waals surface area contributed by atoms with E-state index in [4.69, 9.17) is 0 Å². The van der Waals surface area contributed by atoms with E-state index in [-0.39, 0.29) is 6.61 Å². The molecule has 0 amide bonds. The van der Waals surface area contributed by atoms with E-state index >= 15 is 0 Å². The molecule has 5 heteroatoms. The highest BCUT2D eigenvalue weighted by Crippen LogP contribution is 2.12. The van der Waals surface area contributed by atoms with Crippen molar-refractivity contribution in [3.63, 3.8) is 0 Å². The number of hydrogen-bond donors (Lipinski definition) is 1. The van der Waals surface area contributed by atoms with Crippen molar-refractivity contribution in [3.05, 3.63) is 47.3 Å². The zero-order valence-corrected chi connectivity index (χ0v) is 13.0. The minimum Gasteiger partial charge on any atom is -0.390 e. The fourth-order valence-corrected chi connectivity index (χ4v) is 3.09. The van der Waals surface area contributed by atoms with Crippen molar-refractivity contribution in [2.45, 2.75) is 38.8 Å². The molecule has 0 saturated carbocycles. The normalized spacial score (nSPS) is 15.5. The molecule has 0 spiro atoms. The molecular weight excluding hydrogens is 276 g/mol. The minimum atomic E-state index is -0.0339. The number of nitrogens with zero attached hydrogens (tertiary/aromatic N) is 4. The summed E-state index contributed by atoms with van der Waals surface area (Å²) in [5.74, 6) is 0. The van der Waals surface area contributed by atoms with Gasteiger partial charge in [-0.15, -0.1) is 5.10 Å². The molecule has 2 aromatic rings. The number of aryl methyl sites for hydroxylation is 1. The summed E-state index contributed by atoms with van der Waals surface area (Å²) in [6.45, 7) is 4.24. The van der Waals surface area contributed by atoms with Gasteiger partial charge in [-0.1, -0.05) is 35.5 Å². The molecule has 1 N–H and O–H groups in total. The molecule has 0 bridgehead atoms. The molecule has 2 heterocycles. The molecule has 0 unspecified atom stereocenters. The van der Waals surface area contributed by atoms with Gasteiger partial charge in [0.25, 0.3) is 0 Å². The van der Waals surface area contributed by atoms with Crippen molar-refractivity contribution >= 4 is 0 Å². The molecule has 22 heavy (non-hydrogen) atoms. The highest BCUT2D eigenvalue weighted by atomic mass is 16.3. The van der Waals surface area contributed by atoms with Gasteiger partial charge >= 0.3 is 0 Å². The van der Waals surface area contributed by atoms with E-state index in [1.54, 1.807) is 0 Å². The fourth-order valence-electron chi connectivity index (χ4n) is 3.09. The predicted molar refractivity (Wildman–Crippen MR) is 85.5 cm³/mol. The van der Waals surface area contributed by atoms with Crippen LogP contribution in [0.15, 0.2) is 30.3 Å². The van der Waals surface area contributed by atoms with Crippen molar-refractivity contribution in [1.82, 2.24) is 19.9 Å². The average molecular weight is 300 g/mol. The van der Waals surface area contributed by atoms with Crippen LogP contribution in [-0.4, -0.2) is 44.6 Å². The number of likely N-dealkylation sites (tertiary alicyclic amines) is 1. The van der Waals surface area contributed by atoms with Crippen LogP contribution in [0, 0.1) is 0 Å². The van der Waals surface area contributed by atoms with Crippen LogP contribution in [0.25, 0.3) is 0 Å². The van der Waals surface area contributed by atoms with E-state index in [2.05, 4.69) is 39.5 Å². The third-order valence-electron chi connectivity index (χ3n) is 4.39. The number of hydrogen-bond acceptors (Lipinski definition) is 4. The third-order valence-corrected chi connectivity index (χ3v) is 4.39. The fraction of sp³-hybridized carbons (Fsp3) is 0.529. The Kier molecular flexibility index (Phi) is 5.19. The molecule has 3 rings (SSSR count). The summed E-state index contributed by atoms with van der Waals surface area (Å²) in [5, 5.41) is 17.9. The van der Waals surface area contributed by atoms with Gasteiger partial charge in [0.05, 0.1) is 18.8 Å².